The molecule has 130 valence electrons. The third kappa shape index (κ3) is 4.64. The summed E-state index contributed by atoms with van der Waals surface area (Å²) in [5.41, 5.74) is 1.11. The number of amides is 2. The molecule has 1 fully saturated rings. The Bertz CT molecular complexity index is 779. The van der Waals surface area contributed by atoms with E-state index in [2.05, 4.69) is 20.9 Å². The minimum Gasteiger partial charge on any atom is -0.444 e. The van der Waals surface area contributed by atoms with Gasteiger partial charge in [-0.25, -0.2) is 4.99 Å². The first-order valence-electron chi connectivity index (χ1n) is 7.91. The van der Waals surface area contributed by atoms with Crippen LogP contribution in [0.2, 0.25) is 0 Å². The van der Waals surface area contributed by atoms with Crippen molar-refractivity contribution in [1.29, 1.82) is 0 Å². The normalized spacial score (nSPS) is 15.2. The zero-order valence-electron chi connectivity index (χ0n) is 13.5. The predicted octanol–water partition coefficient (Wildman–Crippen LogP) is 2.72. The van der Waals surface area contributed by atoms with Crippen molar-refractivity contribution in [1.82, 2.24) is 4.90 Å². The number of rotatable bonds is 4. The first-order chi connectivity index (χ1) is 12.1. The maximum Gasteiger partial charge on any atom is 0.313 e. The first-order valence-corrected chi connectivity index (χ1v) is 8.71. The number of hydrogen-bond donors (Lipinski definition) is 0. The molecule has 0 N–H and O–H groups in total. The van der Waals surface area contributed by atoms with E-state index in [1.165, 1.54) is 6.07 Å². The van der Waals surface area contributed by atoms with E-state index in [-0.39, 0.29) is 23.8 Å². The second-order valence-electron chi connectivity index (χ2n) is 5.53. The molecule has 2 amide bonds. The Hall–Kier alpha value is -2.25. The van der Waals surface area contributed by atoms with Crippen molar-refractivity contribution < 1.29 is 18.7 Å². The predicted molar refractivity (Wildman–Crippen MR) is 95.7 cm³/mol. The van der Waals surface area contributed by atoms with E-state index in [4.69, 9.17) is 9.15 Å². The maximum absolute atomic E-state index is 12.8. The second kappa shape index (κ2) is 8.22. The van der Waals surface area contributed by atoms with Gasteiger partial charge in [-0.05, 0) is 33.6 Å². The average Bonchev–Trinajstić information content (AvgIpc) is 3.09. The lowest BCUT2D eigenvalue weighted by atomic mass is 10.1. The van der Waals surface area contributed by atoms with E-state index < -0.39 is 5.91 Å². The minimum absolute atomic E-state index is 0.0900. The largest absolute Gasteiger partial charge is 0.444 e. The molecule has 2 heterocycles. The minimum atomic E-state index is -0.571. The summed E-state index contributed by atoms with van der Waals surface area (Å²) in [5, 5.41) is 0. The molecule has 1 saturated heterocycles. The van der Waals surface area contributed by atoms with E-state index in [1.54, 1.807) is 11.0 Å². The molecule has 0 bridgehead atoms. The first kappa shape index (κ1) is 17.6. The van der Waals surface area contributed by atoms with Gasteiger partial charge in [0.15, 0.2) is 10.4 Å². The van der Waals surface area contributed by atoms with Crippen molar-refractivity contribution in [3.8, 4) is 0 Å². The van der Waals surface area contributed by atoms with Gasteiger partial charge in [0.05, 0.1) is 13.2 Å². The fraction of sp³-hybridized carbons (Fsp3) is 0.278. The molecule has 0 radical (unpaired) electrons. The van der Waals surface area contributed by atoms with E-state index in [9.17, 15) is 9.59 Å². The van der Waals surface area contributed by atoms with Gasteiger partial charge in [0, 0.05) is 19.5 Å². The van der Waals surface area contributed by atoms with Crippen LogP contribution in [0.15, 0.2) is 56.5 Å². The Labute approximate surface area is 153 Å². The molecule has 0 unspecified atom stereocenters. The van der Waals surface area contributed by atoms with Gasteiger partial charge in [-0.1, -0.05) is 30.3 Å². The Morgan fingerprint density at radius 3 is 2.44 bits per heavy atom. The molecule has 25 heavy (non-hydrogen) atoms. The molecule has 1 aromatic heterocycles. The summed E-state index contributed by atoms with van der Waals surface area (Å²) in [5.74, 6) is -0.725. The van der Waals surface area contributed by atoms with Crippen LogP contribution >= 0.6 is 15.9 Å². The van der Waals surface area contributed by atoms with Crippen LogP contribution in [0.3, 0.4) is 0 Å². The summed E-state index contributed by atoms with van der Waals surface area (Å²) < 4.78 is 11.0. The van der Waals surface area contributed by atoms with Crippen LogP contribution in [0.5, 0.6) is 0 Å². The number of nitrogens with zero attached hydrogens (tertiary/aromatic N) is 2. The molecule has 0 spiro atoms. The molecule has 1 aliphatic heterocycles. The average molecular weight is 405 g/mol. The van der Waals surface area contributed by atoms with Crippen LogP contribution in [0.4, 0.5) is 0 Å². The lowest BCUT2D eigenvalue weighted by molar-refractivity contribution is -0.128. The van der Waals surface area contributed by atoms with Crippen LogP contribution in [0.25, 0.3) is 0 Å². The summed E-state index contributed by atoms with van der Waals surface area (Å²) >= 11 is 3.16. The Kier molecular flexibility index (Phi) is 5.78. The van der Waals surface area contributed by atoms with Gasteiger partial charge in [-0.15, -0.1) is 0 Å². The van der Waals surface area contributed by atoms with Gasteiger partial charge in [0.1, 0.15) is 5.71 Å². The molecule has 2 aromatic rings. The van der Waals surface area contributed by atoms with Crippen LogP contribution in [-0.4, -0.2) is 48.7 Å². The molecule has 6 nitrogen and oxygen atoms in total. The highest BCUT2D eigenvalue weighted by molar-refractivity contribution is 9.10. The highest BCUT2D eigenvalue weighted by Gasteiger charge is 2.24. The lowest BCUT2D eigenvalue weighted by Gasteiger charge is -2.27. The molecule has 1 aliphatic rings. The molecular formula is C18H17BrN2O4. The Balaban J connectivity index is 1.86. The number of carbonyl (C=O) groups excluding carboxylic acids is 2. The molecule has 7 heteroatoms. The molecule has 3 rings (SSSR count). The highest BCUT2D eigenvalue weighted by atomic mass is 79.9. The van der Waals surface area contributed by atoms with Crippen LogP contribution in [0, 0.1) is 0 Å². The third-order valence-corrected chi connectivity index (χ3v) is 4.21. The summed E-state index contributed by atoms with van der Waals surface area (Å²) in [6, 6.07) is 12.6. The van der Waals surface area contributed by atoms with Gasteiger partial charge in [0.2, 0.25) is 0 Å². The van der Waals surface area contributed by atoms with Gasteiger partial charge < -0.3 is 14.1 Å². The number of aliphatic imine (C=N–C) groups is 1. The highest BCUT2D eigenvalue weighted by Crippen LogP contribution is 2.15. The number of carbonyl (C=O) groups is 2. The van der Waals surface area contributed by atoms with E-state index in [0.717, 1.165) is 5.56 Å². The zero-order valence-corrected chi connectivity index (χ0v) is 15.1. The summed E-state index contributed by atoms with van der Waals surface area (Å²) in [6.07, 6.45) is 0.282. The van der Waals surface area contributed by atoms with Crippen molar-refractivity contribution in [3.05, 3.63) is 58.5 Å². The van der Waals surface area contributed by atoms with Gasteiger partial charge in [0.25, 0.3) is 5.91 Å². The molecule has 0 aliphatic carbocycles. The van der Waals surface area contributed by atoms with Crippen LogP contribution in [-0.2, 0) is 16.0 Å². The van der Waals surface area contributed by atoms with Gasteiger partial charge in [-0.2, -0.15) is 0 Å². The number of halogens is 1. The lowest BCUT2D eigenvalue weighted by Crippen LogP contribution is -2.44. The number of hydrogen-bond acceptors (Lipinski definition) is 4. The number of ether oxygens (including phenoxy) is 1. The van der Waals surface area contributed by atoms with Crippen molar-refractivity contribution in [2.75, 3.05) is 26.3 Å². The fourth-order valence-corrected chi connectivity index (χ4v) is 2.81. The summed E-state index contributed by atoms with van der Waals surface area (Å²) in [4.78, 5) is 30.9. The van der Waals surface area contributed by atoms with E-state index in [1.807, 2.05) is 30.3 Å². The topological polar surface area (TPSA) is 72.1 Å². The van der Waals surface area contributed by atoms with Gasteiger partial charge >= 0.3 is 5.91 Å². The molecule has 0 saturated carbocycles. The van der Waals surface area contributed by atoms with Crippen molar-refractivity contribution in [3.63, 3.8) is 0 Å². The molecule has 0 atom stereocenters. The van der Waals surface area contributed by atoms with Crippen molar-refractivity contribution >= 4 is 33.5 Å². The van der Waals surface area contributed by atoms with E-state index >= 15 is 0 Å². The van der Waals surface area contributed by atoms with E-state index in [0.29, 0.717) is 31.0 Å². The van der Waals surface area contributed by atoms with Crippen molar-refractivity contribution in [2.45, 2.75) is 6.42 Å². The number of morpholine rings is 1. The SMILES string of the molecule is O=C(N=C(Cc1ccccc1)C(=O)N1CCOCC1)c1ccc(Br)o1. The second-order valence-corrected chi connectivity index (χ2v) is 6.32. The Morgan fingerprint density at radius 1 is 1.08 bits per heavy atom. The van der Waals surface area contributed by atoms with Gasteiger partial charge in [-0.3, -0.25) is 9.59 Å². The molecular weight excluding hydrogens is 388 g/mol. The van der Waals surface area contributed by atoms with Crippen molar-refractivity contribution in [2.24, 2.45) is 4.99 Å². The number of furan rings is 1. The zero-order chi connectivity index (χ0) is 17.6. The quantitative estimate of drug-likeness (QED) is 0.734. The molecule has 1 aromatic carbocycles. The summed E-state index contributed by atoms with van der Waals surface area (Å²) in [7, 11) is 0. The maximum atomic E-state index is 12.8. The number of benzene rings is 1. The van der Waals surface area contributed by atoms with Crippen LogP contribution in [0.1, 0.15) is 16.1 Å². The summed E-state index contributed by atoms with van der Waals surface area (Å²) in [6.45, 7) is 1.97. The smallest absolute Gasteiger partial charge is 0.313 e. The van der Waals surface area contributed by atoms with Crippen LogP contribution < -0.4 is 0 Å². The third-order valence-electron chi connectivity index (χ3n) is 3.78. The standard InChI is InChI=1S/C18H17BrN2O4/c19-16-7-6-15(25-16)17(22)20-14(12-13-4-2-1-3-5-13)18(23)21-8-10-24-11-9-21/h1-7H,8-12H2. The Morgan fingerprint density at radius 2 is 1.80 bits per heavy atom. The fourth-order valence-electron chi connectivity index (χ4n) is 2.51. The monoisotopic (exact) mass is 404 g/mol.